The summed E-state index contributed by atoms with van der Waals surface area (Å²) < 4.78 is 0. The van der Waals surface area contributed by atoms with Crippen molar-refractivity contribution in [1.29, 1.82) is 0 Å². The summed E-state index contributed by atoms with van der Waals surface area (Å²) in [6, 6.07) is 7.98. The third-order valence-electron chi connectivity index (χ3n) is 4.05. The van der Waals surface area contributed by atoms with Gasteiger partial charge in [0.2, 0.25) is 11.8 Å². The molecule has 0 bridgehead atoms. The van der Waals surface area contributed by atoms with Gasteiger partial charge in [0.05, 0.1) is 5.92 Å². The van der Waals surface area contributed by atoms with E-state index in [2.05, 4.69) is 32.2 Å². The van der Waals surface area contributed by atoms with Crippen LogP contribution in [-0.2, 0) is 15.0 Å². The van der Waals surface area contributed by atoms with Gasteiger partial charge in [-0.3, -0.25) is 9.59 Å². The van der Waals surface area contributed by atoms with Crippen LogP contribution in [0, 0.1) is 5.92 Å². The van der Waals surface area contributed by atoms with E-state index in [1.54, 1.807) is 4.90 Å². The van der Waals surface area contributed by atoms with Gasteiger partial charge >= 0.3 is 0 Å². The molecule has 2 amide bonds. The maximum Gasteiger partial charge on any atom is 0.227 e. The molecule has 1 aromatic carbocycles. The lowest BCUT2D eigenvalue weighted by atomic mass is 9.85. The second-order valence-electron chi connectivity index (χ2n) is 6.96. The molecule has 0 saturated carbocycles. The Morgan fingerprint density at radius 2 is 2.00 bits per heavy atom. The smallest absolute Gasteiger partial charge is 0.227 e. The minimum Gasteiger partial charge on any atom is -0.356 e. The molecule has 1 N–H and O–H groups in total. The summed E-state index contributed by atoms with van der Waals surface area (Å²) in [5, 5.41) is 2.89. The number of rotatable bonds is 4. The van der Waals surface area contributed by atoms with Gasteiger partial charge in [-0.25, -0.2) is 0 Å². The summed E-state index contributed by atoms with van der Waals surface area (Å²) in [7, 11) is 0. The lowest BCUT2D eigenvalue weighted by Crippen LogP contribution is -2.34. The Morgan fingerprint density at radius 1 is 1.32 bits per heavy atom. The second-order valence-corrected chi connectivity index (χ2v) is 6.96. The van der Waals surface area contributed by atoms with Gasteiger partial charge in [-0.15, -0.1) is 0 Å². The van der Waals surface area contributed by atoms with Gasteiger partial charge in [-0.1, -0.05) is 45.9 Å². The third kappa shape index (κ3) is 3.49. The van der Waals surface area contributed by atoms with Gasteiger partial charge in [0.25, 0.3) is 0 Å². The van der Waals surface area contributed by atoms with Gasteiger partial charge < -0.3 is 10.2 Å². The van der Waals surface area contributed by atoms with E-state index >= 15 is 0 Å². The highest BCUT2D eigenvalue weighted by Crippen LogP contribution is 2.35. The van der Waals surface area contributed by atoms with E-state index in [4.69, 9.17) is 0 Å². The molecule has 1 unspecified atom stereocenters. The molecule has 22 heavy (non-hydrogen) atoms. The number of hydrogen-bond acceptors (Lipinski definition) is 2. The van der Waals surface area contributed by atoms with Crippen LogP contribution < -0.4 is 10.2 Å². The normalized spacial score (nSPS) is 18.6. The van der Waals surface area contributed by atoms with Crippen molar-refractivity contribution < 1.29 is 9.59 Å². The number of nitrogens with zero attached hydrogens (tertiary/aromatic N) is 1. The number of carbonyl (C=O) groups excluding carboxylic acids is 2. The van der Waals surface area contributed by atoms with Crippen LogP contribution in [0.4, 0.5) is 5.69 Å². The quantitative estimate of drug-likeness (QED) is 0.929. The molecule has 1 fully saturated rings. The van der Waals surface area contributed by atoms with E-state index in [1.807, 2.05) is 25.1 Å². The summed E-state index contributed by atoms with van der Waals surface area (Å²) in [6.45, 7) is 9.57. The van der Waals surface area contributed by atoms with Crippen molar-refractivity contribution in [3.8, 4) is 0 Å². The minimum atomic E-state index is -0.243. The van der Waals surface area contributed by atoms with Gasteiger partial charge in [0.1, 0.15) is 0 Å². The molecule has 120 valence electrons. The fraction of sp³-hybridized carbons (Fsp3) is 0.556. The first-order chi connectivity index (χ1) is 10.3. The summed E-state index contributed by atoms with van der Waals surface area (Å²) >= 11 is 0. The molecule has 1 saturated heterocycles. The zero-order chi connectivity index (χ0) is 16.3. The molecule has 2 rings (SSSR count). The number of benzene rings is 1. The molecule has 0 aliphatic carbocycles. The molecule has 0 aromatic heterocycles. The monoisotopic (exact) mass is 302 g/mol. The molecule has 1 heterocycles. The van der Waals surface area contributed by atoms with Crippen LogP contribution in [0.15, 0.2) is 24.3 Å². The van der Waals surface area contributed by atoms with E-state index in [0.29, 0.717) is 19.5 Å². The molecule has 1 aliphatic rings. The Labute approximate surface area is 132 Å². The molecule has 1 aliphatic heterocycles. The molecule has 1 atom stereocenters. The third-order valence-corrected chi connectivity index (χ3v) is 4.05. The van der Waals surface area contributed by atoms with E-state index in [1.165, 1.54) is 0 Å². The molecule has 1 aromatic rings. The van der Waals surface area contributed by atoms with Crippen LogP contribution in [0.3, 0.4) is 0 Å². The average Bonchev–Trinajstić information content (AvgIpc) is 2.86. The largest absolute Gasteiger partial charge is 0.356 e. The number of hydrogen-bond donors (Lipinski definition) is 1. The minimum absolute atomic E-state index is 0.00839. The van der Waals surface area contributed by atoms with E-state index < -0.39 is 0 Å². The molecule has 0 radical (unpaired) electrons. The lowest BCUT2D eigenvalue weighted by molar-refractivity contribution is -0.126. The molecular weight excluding hydrogens is 276 g/mol. The Bertz CT molecular complexity index is 560. The summed E-state index contributed by atoms with van der Waals surface area (Å²) in [6.07, 6.45) is 1.21. The lowest BCUT2D eigenvalue weighted by Gasteiger charge is -2.27. The molecule has 4 heteroatoms. The highest BCUT2D eigenvalue weighted by atomic mass is 16.2. The van der Waals surface area contributed by atoms with Crippen molar-refractivity contribution >= 4 is 17.5 Å². The van der Waals surface area contributed by atoms with Crippen LogP contribution in [0.2, 0.25) is 0 Å². The van der Waals surface area contributed by atoms with Crippen molar-refractivity contribution in [3.05, 3.63) is 29.8 Å². The summed E-state index contributed by atoms with van der Waals surface area (Å²) in [5.41, 5.74) is 2.03. The zero-order valence-electron chi connectivity index (χ0n) is 14.0. The first kappa shape index (κ1) is 16.5. The van der Waals surface area contributed by atoms with E-state index in [-0.39, 0.29) is 23.1 Å². The Kier molecular flexibility index (Phi) is 4.89. The van der Waals surface area contributed by atoms with Crippen LogP contribution >= 0.6 is 0 Å². The molecule has 0 spiro atoms. The van der Waals surface area contributed by atoms with Crippen molar-refractivity contribution in [2.75, 3.05) is 18.0 Å². The maximum atomic E-state index is 12.4. The fourth-order valence-electron chi connectivity index (χ4n) is 2.85. The Hall–Kier alpha value is -1.84. The number of anilines is 1. The van der Waals surface area contributed by atoms with Crippen LogP contribution in [0.1, 0.15) is 46.1 Å². The Morgan fingerprint density at radius 3 is 2.64 bits per heavy atom. The van der Waals surface area contributed by atoms with Crippen LogP contribution in [0.5, 0.6) is 0 Å². The van der Waals surface area contributed by atoms with Crippen molar-refractivity contribution in [2.45, 2.75) is 46.0 Å². The summed E-state index contributed by atoms with van der Waals surface area (Å²) in [4.78, 5) is 26.3. The molecule has 4 nitrogen and oxygen atoms in total. The van der Waals surface area contributed by atoms with Crippen molar-refractivity contribution in [2.24, 2.45) is 5.92 Å². The van der Waals surface area contributed by atoms with Gasteiger partial charge in [0, 0.05) is 25.2 Å². The number of nitrogens with one attached hydrogen (secondary N) is 1. The van der Waals surface area contributed by atoms with Crippen LogP contribution in [0.25, 0.3) is 0 Å². The van der Waals surface area contributed by atoms with E-state index in [0.717, 1.165) is 17.7 Å². The predicted molar refractivity (Wildman–Crippen MR) is 88.9 cm³/mol. The number of carbonyl (C=O) groups is 2. The van der Waals surface area contributed by atoms with Gasteiger partial charge in [-0.05, 0) is 23.5 Å². The van der Waals surface area contributed by atoms with Crippen LogP contribution in [-0.4, -0.2) is 24.9 Å². The highest BCUT2D eigenvalue weighted by Gasteiger charge is 2.36. The summed E-state index contributed by atoms with van der Waals surface area (Å²) in [5.74, 6) is -0.216. The Balaban J connectivity index is 2.21. The van der Waals surface area contributed by atoms with Crippen molar-refractivity contribution in [1.82, 2.24) is 5.32 Å². The number of amides is 2. The van der Waals surface area contributed by atoms with Gasteiger partial charge in [0.15, 0.2) is 0 Å². The first-order valence-corrected chi connectivity index (χ1v) is 8.02. The predicted octanol–water partition coefficient (Wildman–Crippen LogP) is 2.86. The van der Waals surface area contributed by atoms with Crippen molar-refractivity contribution in [3.63, 3.8) is 0 Å². The van der Waals surface area contributed by atoms with E-state index in [9.17, 15) is 9.59 Å². The average molecular weight is 302 g/mol. The topological polar surface area (TPSA) is 49.4 Å². The SMILES string of the molecule is CCCNC(=O)C1CC(=O)N(c2ccccc2C(C)(C)C)C1. The number of para-hydroxylation sites is 1. The zero-order valence-corrected chi connectivity index (χ0v) is 14.0. The standard InChI is InChI=1S/C18H26N2O2/c1-5-10-19-17(22)13-11-16(21)20(12-13)15-9-7-6-8-14(15)18(2,3)4/h6-9,13H,5,10-12H2,1-4H3,(H,19,22). The second kappa shape index (κ2) is 6.51. The van der Waals surface area contributed by atoms with Gasteiger partial charge in [-0.2, -0.15) is 0 Å². The maximum absolute atomic E-state index is 12.4. The first-order valence-electron chi connectivity index (χ1n) is 8.02. The fourth-order valence-corrected chi connectivity index (χ4v) is 2.85. The highest BCUT2D eigenvalue weighted by molar-refractivity contribution is 6.01. The molecular formula is C18H26N2O2.